The molecule has 1 aromatic carbocycles. The molecule has 0 heterocycles. The Bertz CT molecular complexity index is 446. The van der Waals surface area contributed by atoms with Crippen LogP contribution in [0.15, 0.2) is 24.3 Å². The fourth-order valence-corrected chi connectivity index (χ4v) is 3.35. The number of ether oxygens (including phenoxy) is 1. The van der Waals surface area contributed by atoms with Gasteiger partial charge in [-0.1, -0.05) is 29.8 Å². The maximum Gasteiger partial charge on any atom is 0.0468 e. The van der Waals surface area contributed by atoms with E-state index in [0.717, 1.165) is 18.6 Å². The van der Waals surface area contributed by atoms with Gasteiger partial charge in [-0.2, -0.15) is 0 Å². The van der Waals surface area contributed by atoms with Crippen LogP contribution in [0.1, 0.15) is 49.1 Å². The molecule has 0 amide bonds. The van der Waals surface area contributed by atoms with Gasteiger partial charge in [0.2, 0.25) is 0 Å². The zero-order chi connectivity index (χ0) is 14.0. The molecule has 0 saturated heterocycles. The van der Waals surface area contributed by atoms with Gasteiger partial charge in [-0.05, 0) is 55.9 Å². The van der Waals surface area contributed by atoms with Crippen molar-refractivity contribution in [2.75, 3.05) is 20.3 Å². The van der Waals surface area contributed by atoms with Crippen LogP contribution in [0.2, 0.25) is 0 Å². The van der Waals surface area contributed by atoms with Crippen LogP contribution in [0, 0.1) is 12.3 Å². The van der Waals surface area contributed by atoms with E-state index in [1.54, 1.807) is 0 Å². The Labute approximate surface area is 122 Å². The normalized spacial score (nSPS) is 27.1. The van der Waals surface area contributed by atoms with Crippen LogP contribution in [-0.4, -0.2) is 26.3 Å². The Morgan fingerprint density at radius 1 is 1.30 bits per heavy atom. The van der Waals surface area contributed by atoms with Gasteiger partial charge in [0.1, 0.15) is 0 Å². The van der Waals surface area contributed by atoms with Crippen molar-refractivity contribution < 1.29 is 4.74 Å². The van der Waals surface area contributed by atoms with Gasteiger partial charge < -0.3 is 10.1 Å². The maximum atomic E-state index is 5.22. The maximum absolute atomic E-state index is 5.22. The highest BCUT2D eigenvalue weighted by Gasteiger charge is 2.42. The summed E-state index contributed by atoms with van der Waals surface area (Å²) in [6.07, 6.45) is 6.62. The van der Waals surface area contributed by atoms with E-state index in [2.05, 4.69) is 36.5 Å². The summed E-state index contributed by atoms with van der Waals surface area (Å²) in [7, 11) is 1.81. The Hall–Kier alpha value is -0.860. The van der Waals surface area contributed by atoms with E-state index in [1.165, 1.54) is 49.8 Å². The number of hydrogen-bond donors (Lipinski definition) is 1. The van der Waals surface area contributed by atoms with Crippen LogP contribution in [0.3, 0.4) is 0 Å². The second-order valence-corrected chi connectivity index (χ2v) is 6.90. The molecule has 0 atom stereocenters. The zero-order valence-electron chi connectivity index (χ0n) is 12.8. The molecular weight excluding hydrogens is 246 g/mol. The van der Waals surface area contributed by atoms with Crippen LogP contribution in [0.4, 0.5) is 0 Å². The highest BCUT2D eigenvalue weighted by Crippen LogP contribution is 2.48. The summed E-state index contributed by atoms with van der Waals surface area (Å²) in [5, 5.41) is 3.79. The van der Waals surface area contributed by atoms with Crippen LogP contribution < -0.4 is 5.32 Å². The molecule has 2 aliphatic carbocycles. The lowest BCUT2D eigenvalue weighted by atomic mass is 9.75. The molecule has 0 aromatic heterocycles. The minimum absolute atomic E-state index is 0.574. The predicted molar refractivity (Wildman–Crippen MR) is 83.1 cm³/mol. The van der Waals surface area contributed by atoms with Crippen LogP contribution in [0.5, 0.6) is 0 Å². The summed E-state index contributed by atoms with van der Waals surface area (Å²) < 4.78 is 5.22. The predicted octanol–water partition coefficient (Wildman–Crippen LogP) is 3.65. The molecule has 2 nitrogen and oxygen atoms in total. The lowest BCUT2D eigenvalue weighted by Crippen LogP contribution is -2.42. The first-order chi connectivity index (χ1) is 9.71. The fourth-order valence-electron chi connectivity index (χ4n) is 3.35. The number of hydrogen-bond acceptors (Lipinski definition) is 2. The molecule has 1 aromatic rings. The number of benzene rings is 1. The van der Waals surface area contributed by atoms with Crippen molar-refractivity contribution in [2.45, 2.75) is 51.0 Å². The van der Waals surface area contributed by atoms with Crippen molar-refractivity contribution in [1.29, 1.82) is 0 Å². The molecule has 2 heteroatoms. The second-order valence-electron chi connectivity index (χ2n) is 6.90. The molecule has 0 radical (unpaired) electrons. The molecular formula is C18H27NO. The Morgan fingerprint density at radius 3 is 2.75 bits per heavy atom. The van der Waals surface area contributed by atoms with E-state index < -0.39 is 0 Å². The fraction of sp³-hybridized carbons (Fsp3) is 0.667. The average molecular weight is 273 g/mol. The number of methoxy groups -OCH3 is 1. The summed E-state index contributed by atoms with van der Waals surface area (Å²) >= 11 is 0. The average Bonchev–Trinajstić information content (AvgIpc) is 3.15. The Kier molecular flexibility index (Phi) is 4.13. The lowest BCUT2D eigenvalue weighted by molar-refractivity contribution is 0.166. The van der Waals surface area contributed by atoms with Gasteiger partial charge in [-0.3, -0.25) is 0 Å². The molecule has 2 aliphatic rings. The summed E-state index contributed by atoms with van der Waals surface area (Å²) in [6, 6.07) is 9.75. The van der Waals surface area contributed by atoms with Gasteiger partial charge in [-0.15, -0.1) is 0 Å². The van der Waals surface area contributed by atoms with E-state index in [0.29, 0.717) is 5.41 Å². The molecule has 0 aliphatic heterocycles. The van der Waals surface area contributed by atoms with Crippen molar-refractivity contribution in [2.24, 2.45) is 5.41 Å². The highest BCUT2D eigenvalue weighted by molar-refractivity contribution is 5.27. The van der Waals surface area contributed by atoms with E-state index in [4.69, 9.17) is 4.74 Å². The quantitative estimate of drug-likeness (QED) is 0.819. The van der Waals surface area contributed by atoms with E-state index in [-0.39, 0.29) is 0 Å². The third-order valence-corrected chi connectivity index (χ3v) is 5.21. The standard InChI is InChI=1S/C18H27NO/c1-14-4-3-5-15(10-14)16-11-17(12-16)19-13-18(6-7-18)8-9-20-2/h3-5,10,16-17,19H,6-9,11-13H2,1-2H3. The van der Waals surface area contributed by atoms with Crippen molar-refractivity contribution >= 4 is 0 Å². The van der Waals surface area contributed by atoms with Crippen molar-refractivity contribution in [3.8, 4) is 0 Å². The second kappa shape index (κ2) is 5.87. The van der Waals surface area contributed by atoms with Gasteiger partial charge in [0.25, 0.3) is 0 Å². The van der Waals surface area contributed by atoms with Crippen LogP contribution in [0.25, 0.3) is 0 Å². The Morgan fingerprint density at radius 2 is 2.10 bits per heavy atom. The summed E-state index contributed by atoms with van der Waals surface area (Å²) in [4.78, 5) is 0. The first-order valence-electron chi connectivity index (χ1n) is 8.00. The SMILES string of the molecule is COCCC1(CNC2CC(c3cccc(C)c3)C2)CC1. The zero-order valence-corrected chi connectivity index (χ0v) is 12.8. The van der Waals surface area contributed by atoms with Gasteiger partial charge in [-0.25, -0.2) is 0 Å². The molecule has 2 fully saturated rings. The lowest BCUT2D eigenvalue weighted by Gasteiger charge is -2.37. The van der Waals surface area contributed by atoms with Gasteiger partial charge in [0, 0.05) is 26.3 Å². The van der Waals surface area contributed by atoms with E-state index in [1.807, 2.05) is 7.11 Å². The van der Waals surface area contributed by atoms with Gasteiger partial charge >= 0.3 is 0 Å². The number of rotatable bonds is 7. The third-order valence-electron chi connectivity index (χ3n) is 5.21. The molecule has 0 spiro atoms. The van der Waals surface area contributed by atoms with Crippen molar-refractivity contribution in [1.82, 2.24) is 5.32 Å². The van der Waals surface area contributed by atoms with Gasteiger partial charge in [0.05, 0.1) is 0 Å². The molecule has 2 saturated carbocycles. The van der Waals surface area contributed by atoms with Crippen molar-refractivity contribution in [3.63, 3.8) is 0 Å². The topological polar surface area (TPSA) is 21.3 Å². The first kappa shape index (κ1) is 14.1. The molecule has 0 bridgehead atoms. The first-order valence-corrected chi connectivity index (χ1v) is 8.00. The monoisotopic (exact) mass is 273 g/mol. The molecule has 1 N–H and O–H groups in total. The van der Waals surface area contributed by atoms with Crippen molar-refractivity contribution in [3.05, 3.63) is 35.4 Å². The Balaban J connectivity index is 1.40. The number of aryl methyl sites for hydroxylation is 1. The van der Waals surface area contributed by atoms with E-state index in [9.17, 15) is 0 Å². The smallest absolute Gasteiger partial charge is 0.0468 e. The molecule has 110 valence electrons. The minimum Gasteiger partial charge on any atom is -0.385 e. The van der Waals surface area contributed by atoms with Gasteiger partial charge in [0.15, 0.2) is 0 Å². The largest absolute Gasteiger partial charge is 0.385 e. The third kappa shape index (κ3) is 3.24. The minimum atomic E-state index is 0.574. The molecule has 20 heavy (non-hydrogen) atoms. The molecule has 3 rings (SSSR count). The van der Waals surface area contributed by atoms with Crippen LogP contribution >= 0.6 is 0 Å². The van der Waals surface area contributed by atoms with E-state index >= 15 is 0 Å². The summed E-state index contributed by atoms with van der Waals surface area (Å²) in [6.45, 7) is 4.30. The summed E-state index contributed by atoms with van der Waals surface area (Å²) in [5.74, 6) is 0.779. The summed E-state index contributed by atoms with van der Waals surface area (Å²) in [5.41, 5.74) is 3.49. The number of nitrogens with one attached hydrogen (secondary N) is 1. The van der Waals surface area contributed by atoms with Crippen LogP contribution in [-0.2, 0) is 4.74 Å². The highest BCUT2D eigenvalue weighted by atomic mass is 16.5. The molecule has 0 unspecified atom stereocenters.